The summed E-state index contributed by atoms with van der Waals surface area (Å²) in [6.07, 6.45) is 0.735. The molecule has 3 aromatic rings. The number of amides is 2. The van der Waals surface area contributed by atoms with Crippen LogP contribution in [0.15, 0.2) is 72.8 Å². The second-order valence-electron chi connectivity index (χ2n) is 7.73. The van der Waals surface area contributed by atoms with Gasteiger partial charge in [-0.1, -0.05) is 55.5 Å². The third-order valence-corrected chi connectivity index (χ3v) is 5.18. The van der Waals surface area contributed by atoms with E-state index in [1.54, 1.807) is 30.2 Å². The molecule has 0 bridgehead atoms. The maximum atomic E-state index is 13.2. The zero-order valence-corrected chi connectivity index (χ0v) is 19.3. The van der Waals surface area contributed by atoms with Crippen LogP contribution in [0, 0.1) is 6.92 Å². The standard InChI is InChI=1S/C27H30N2O4/c1-4-16-29(18-26(30)28-23-13-9-8-10-20(23)2)27(31)22-14-15-24(25(17-22)32-3)33-19-21-11-6-5-7-12-21/h5-15,17H,4,16,18-19H2,1-3H3,(H,28,30). The first kappa shape index (κ1) is 23.9. The van der Waals surface area contributed by atoms with Gasteiger partial charge in [-0.3, -0.25) is 9.59 Å². The number of methoxy groups -OCH3 is 1. The van der Waals surface area contributed by atoms with Crippen LogP contribution in [0.25, 0.3) is 0 Å². The maximum Gasteiger partial charge on any atom is 0.254 e. The van der Waals surface area contributed by atoms with Crippen LogP contribution >= 0.6 is 0 Å². The topological polar surface area (TPSA) is 67.9 Å². The quantitative estimate of drug-likeness (QED) is 0.472. The number of rotatable bonds is 10. The molecule has 0 aliphatic carbocycles. The van der Waals surface area contributed by atoms with Gasteiger partial charge >= 0.3 is 0 Å². The zero-order valence-electron chi connectivity index (χ0n) is 19.3. The highest BCUT2D eigenvalue weighted by Crippen LogP contribution is 2.29. The van der Waals surface area contributed by atoms with Crippen LogP contribution in [0.1, 0.15) is 34.8 Å². The largest absolute Gasteiger partial charge is 0.493 e. The first-order valence-corrected chi connectivity index (χ1v) is 11.0. The minimum absolute atomic E-state index is 0.0322. The number of para-hydroxylation sites is 1. The van der Waals surface area contributed by atoms with Gasteiger partial charge in [0.25, 0.3) is 5.91 Å². The first-order chi connectivity index (χ1) is 16.0. The fourth-order valence-corrected chi connectivity index (χ4v) is 3.44. The Kier molecular flexibility index (Phi) is 8.47. The van der Waals surface area contributed by atoms with Crippen LogP contribution in [-0.2, 0) is 11.4 Å². The molecule has 0 saturated heterocycles. The van der Waals surface area contributed by atoms with Crippen LogP contribution in [0.4, 0.5) is 5.69 Å². The lowest BCUT2D eigenvalue weighted by Crippen LogP contribution is -2.38. The number of aryl methyl sites for hydroxylation is 1. The molecule has 0 spiro atoms. The van der Waals surface area contributed by atoms with E-state index < -0.39 is 0 Å². The van der Waals surface area contributed by atoms with E-state index in [1.165, 1.54) is 0 Å². The lowest BCUT2D eigenvalue weighted by molar-refractivity contribution is -0.116. The van der Waals surface area contributed by atoms with Crippen LogP contribution in [0.3, 0.4) is 0 Å². The van der Waals surface area contributed by atoms with Gasteiger partial charge in [-0.05, 0) is 48.7 Å². The Morgan fingerprint density at radius 3 is 2.36 bits per heavy atom. The summed E-state index contributed by atoms with van der Waals surface area (Å²) in [5, 5.41) is 2.89. The first-order valence-electron chi connectivity index (χ1n) is 11.0. The molecule has 0 saturated carbocycles. The van der Waals surface area contributed by atoms with Gasteiger partial charge in [0.1, 0.15) is 13.2 Å². The van der Waals surface area contributed by atoms with Gasteiger partial charge in [-0.2, -0.15) is 0 Å². The number of carbonyl (C=O) groups excluding carboxylic acids is 2. The van der Waals surface area contributed by atoms with E-state index in [2.05, 4.69) is 5.32 Å². The van der Waals surface area contributed by atoms with E-state index in [9.17, 15) is 9.59 Å². The van der Waals surface area contributed by atoms with E-state index in [0.29, 0.717) is 30.2 Å². The van der Waals surface area contributed by atoms with E-state index in [1.807, 2.05) is 68.4 Å². The summed E-state index contributed by atoms with van der Waals surface area (Å²) < 4.78 is 11.3. The van der Waals surface area contributed by atoms with Crippen LogP contribution in [0.2, 0.25) is 0 Å². The molecule has 3 aromatic carbocycles. The van der Waals surface area contributed by atoms with Crippen molar-refractivity contribution in [3.8, 4) is 11.5 Å². The van der Waals surface area contributed by atoms with Crippen molar-refractivity contribution in [2.24, 2.45) is 0 Å². The number of hydrogen-bond donors (Lipinski definition) is 1. The zero-order chi connectivity index (χ0) is 23.6. The molecule has 0 fully saturated rings. The van der Waals surface area contributed by atoms with Crippen molar-refractivity contribution < 1.29 is 19.1 Å². The van der Waals surface area contributed by atoms with Gasteiger partial charge in [-0.15, -0.1) is 0 Å². The Bertz CT molecular complexity index is 1080. The lowest BCUT2D eigenvalue weighted by atomic mass is 10.1. The molecule has 172 valence electrons. The smallest absolute Gasteiger partial charge is 0.254 e. The van der Waals surface area contributed by atoms with E-state index in [-0.39, 0.29) is 18.4 Å². The fraction of sp³-hybridized carbons (Fsp3) is 0.259. The van der Waals surface area contributed by atoms with Gasteiger partial charge in [0, 0.05) is 17.8 Å². The number of nitrogens with one attached hydrogen (secondary N) is 1. The highest BCUT2D eigenvalue weighted by molar-refractivity contribution is 6.00. The molecule has 2 amide bonds. The van der Waals surface area contributed by atoms with Crippen molar-refractivity contribution in [1.29, 1.82) is 0 Å². The second-order valence-corrected chi connectivity index (χ2v) is 7.73. The number of benzene rings is 3. The van der Waals surface area contributed by atoms with Gasteiger partial charge in [0.05, 0.1) is 7.11 Å². The molecular formula is C27H30N2O4. The Morgan fingerprint density at radius 1 is 0.939 bits per heavy atom. The molecule has 0 radical (unpaired) electrons. The number of nitrogens with zero attached hydrogens (tertiary/aromatic N) is 1. The van der Waals surface area contributed by atoms with Crippen molar-refractivity contribution in [2.75, 3.05) is 25.5 Å². The Hall–Kier alpha value is -3.80. The minimum Gasteiger partial charge on any atom is -0.493 e. The molecule has 0 heterocycles. The highest BCUT2D eigenvalue weighted by atomic mass is 16.5. The molecule has 0 aliphatic rings. The summed E-state index contributed by atoms with van der Waals surface area (Å²) in [7, 11) is 1.54. The summed E-state index contributed by atoms with van der Waals surface area (Å²) in [4.78, 5) is 27.4. The average molecular weight is 447 g/mol. The van der Waals surface area contributed by atoms with Crippen molar-refractivity contribution in [3.05, 3.63) is 89.5 Å². The molecule has 1 N–H and O–H groups in total. The average Bonchev–Trinajstić information content (AvgIpc) is 2.84. The molecule has 6 heteroatoms. The van der Waals surface area contributed by atoms with Gasteiger partial charge < -0.3 is 19.7 Å². The molecule has 0 atom stereocenters. The predicted molar refractivity (Wildman–Crippen MR) is 130 cm³/mol. The molecule has 0 aromatic heterocycles. The number of carbonyl (C=O) groups is 2. The number of ether oxygens (including phenoxy) is 2. The fourth-order valence-electron chi connectivity index (χ4n) is 3.44. The van der Waals surface area contributed by atoms with Crippen molar-refractivity contribution in [1.82, 2.24) is 4.90 Å². The van der Waals surface area contributed by atoms with E-state index in [4.69, 9.17) is 9.47 Å². The lowest BCUT2D eigenvalue weighted by Gasteiger charge is -2.22. The summed E-state index contributed by atoms with van der Waals surface area (Å²) >= 11 is 0. The molecule has 0 unspecified atom stereocenters. The highest BCUT2D eigenvalue weighted by Gasteiger charge is 2.20. The Balaban J connectivity index is 1.70. The number of hydrogen-bond acceptors (Lipinski definition) is 4. The van der Waals surface area contributed by atoms with Gasteiger partial charge in [0.2, 0.25) is 5.91 Å². The van der Waals surface area contributed by atoms with Crippen molar-refractivity contribution in [2.45, 2.75) is 26.9 Å². The summed E-state index contributed by atoms with van der Waals surface area (Å²) in [5.74, 6) is 0.556. The second kappa shape index (κ2) is 11.7. The van der Waals surface area contributed by atoms with E-state index >= 15 is 0 Å². The molecular weight excluding hydrogens is 416 g/mol. The summed E-state index contributed by atoms with van der Waals surface area (Å²) in [6.45, 7) is 4.73. The van der Waals surface area contributed by atoms with Gasteiger partial charge in [0.15, 0.2) is 11.5 Å². The normalized spacial score (nSPS) is 10.4. The Labute approximate surface area is 195 Å². The SMILES string of the molecule is CCCN(CC(=O)Nc1ccccc1C)C(=O)c1ccc(OCc2ccccc2)c(OC)c1. The third kappa shape index (κ3) is 6.59. The van der Waals surface area contributed by atoms with Crippen molar-refractivity contribution in [3.63, 3.8) is 0 Å². The molecule has 6 nitrogen and oxygen atoms in total. The maximum absolute atomic E-state index is 13.2. The monoisotopic (exact) mass is 446 g/mol. The predicted octanol–water partition coefficient (Wildman–Crippen LogP) is 5.07. The van der Waals surface area contributed by atoms with Gasteiger partial charge in [-0.25, -0.2) is 0 Å². The Morgan fingerprint density at radius 2 is 1.67 bits per heavy atom. The summed E-state index contributed by atoms with van der Waals surface area (Å²) in [6, 6.07) is 22.5. The van der Waals surface area contributed by atoms with E-state index in [0.717, 1.165) is 23.2 Å². The van der Waals surface area contributed by atoms with Crippen LogP contribution in [-0.4, -0.2) is 36.9 Å². The van der Waals surface area contributed by atoms with Crippen molar-refractivity contribution >= 4 is 17.5 Å². The summed E-state index contributed by atoms with van der Waals surface area (Å²) in [5.41, 5.74) is 3.19. The molecule has 3 rings (SSSR count). The van der Waals surface area contributed by atoms with Crippen LogP contribution < -0.4 is 14.8 Å². The molecule has 0 aliphatic heterocycles. The number of anilines is 1. The minimum atomic E-state index is -0.235. The van der Waals surface area contributed by atoms with Crippen LogP contribution in [0.5, 0.6) is 11.5 Å². The molecule has 33 heavy (non-hydrogen) atoms. The third-order valence-electron chi connectivity index (χ3n) is 5.18.